The summed E-state index contributed by atoms with van der Waals surface area (Å²) >= 11 is 3.62. The number of esters is 4. The van der Waals surface area contributed by atoms with Crippen molar-refractivity contribution in [3.63, 3.8) is 0 Å². The topological polar surface area (TPSA) is 332 Å². The molecule has 5 fully saturated rings. The molecule has 20 atom stereocenters. The standard InChI is InChI=1S/C111H113BrN6O22Si2/c1-72(119)123-68-87-95(138-106-91(115-117-113)97(125-66-75-58-61-82(112)62-59-75)93(124-67-76-57-60-77-41-35-36-48-81(77)63-76)89(131-106)70-129-141(110(2,3)4,83-49-27-13-28-50-83)84-51-29-14-30-52-84)100(127-65-74-39-19-9-20-40-74)102(137-105(122)80-46-25-12-26-47-80)109(134-87)140-94-90(71-130-142(111(5,6)7,85-53-31-15-32-54-85)86-55-33-16-34-56-86)132-107(92(116-118-114)98(94)135-103(120)78-42-21-10-22-43-78)139-96-88-69-128-108(133-88)101(136-104(121)79-44-23-11-24-45-79)99(96)126-64-73-37-17-8-18-38-73/h8-63,87-102,106-109H,64-71H2,1-7H3/t87-,88-,89+,90+,91+,92+,93+,94+,95+,96+,97+,98+,99-,100-,101+,102+,106+,107+,108-,109-/m0/s1. The number of carbonyl (C=O) groups excluding carboxylic acids is 4. The van der Waals surface area contributed by atoms with Crippen LogP contribution in [0.15, 0.2) is 354 Å². The van der Waals surface area contributed by atoms with E-state index in [2.05, 4.69) is 102 Å². The zero-order valence-corrected chi connectivity index (χ0v) is 83.2. The van der Waals surface area contributed by atoms with Crippen LogP contribution in [0.2, 0.25) is 10.1 Å². The zero-order valence-electron chi connectivity index (χ0n) is 79.6. The van der Waals surface area contributed by atoms with Crippen LogP contribution in [0.4, 0.5) is 0 Å². The number of rotatable bonds is 38. The molecule has 0 unspecified atom stereocenters. The molecule has 0 saturated carbocycles. The van der Waals surface area contributed by atoms with Gasteiger partial charge in [0, 0.05) is 21.2 Å². The molecule has 0 spiro atoms. The Morgan fingerprint density at radius 3 is 1.16 bits per heavy atom. The van der Waals surface area contributed by atoms with Gasteiger partial charge in [-0.25, -0.2) is 14.4 Å². The lowest BCUT2D eigenvalue weighted by Gasteiger charge is -2.52. The average molecular weight is 2020 g/mol. The van der Waals surface area contributed by atoms with Crippen molar-refractivity contribution in [1.82, 2.24) is 0 Å². The molecule has 5 aliphatic rings. The molecule has 5 saturated heterocycles. The minimum absolute atomic E-state index is 0.0135. The molecule has 2 bridgehead atoms. The van der Waals surface area contributed by atoms with E-state index >= 15 is 9.59 Å². The molecular formula is C111H113BrN6O22Si2. The molecule has 0 aromatic heterocycles. The predicted molar refractivity (Wildman–Crippen MR) is 537 cm³/mol. The number of carbonyl (C=O) groups is 4. The first-order chi connectivity index (χ1) is 69.0. The predicted octanol–water partition coefficient (Wildman–Crippen LogP) is 18.1. The first-order valence-corrected chi connectivity index (χ1v) is 52.1. The minimum Gasteiger partial charge on any atom is -0.463 e. The fourth-order valence-electron chi connectivity index (χ4n) is 19.5. The summed E-state index contributed by atoms with van der Waals surface area (Å²) in [6.45, 7) is 12.1. The molecule has 17 rings (SSSR count). The highest BCUT2D eigenvalue weighted by atomic mass is 79.9. The largest absolute Gasteiger partial charge is 0.463 e. The Balaban J connectivity index is 0.835. The number of hydrogen-bond donors (Lipinski definition) is 0. The fraction of sp³-hybridized carbons (Fsp3) is 0.333. The summed E-state index contributed by atoms with van der Waals surface area (Å²) < 4.78 is 131. The molecule has 0 aliphatic carbocycles. The van der Waals surface area contributed by atoms with Gasteiger partial charge in [0.1, 0.15) is 91.9 Å². The van der Waals surface area contributed by atoms with Gasteiger partial charge in [0.15, 0.2) is 37.4 Å². The van der Waals surface area contributed by atoms with Crippen molar-refractivity contribution in [2.75, 3.05) is 26.4 Å². The highest BCUT2D eigenvalue weighted by Gasteiger charge is 2.63. The van der Waals surface area contributed by atoms with Gasteiger partial charge in [-0.2, -0.15) is 0 Å². The lowest BCUT2D eigenvalue weighted by Crippen LogP contribution is -2.70. The Bertz CT molecular complexity index is 6180. The molecule has 142 heavy (non-hydrogen) atoms. The van der Waals surface area contributed by atoms with E-state index in [1.54, 1.807) is 91.0 Å². The highest BCUT2D eigenvalue weighted by Crippen LogP contribution is 2.46. The zero-order chi connectivity index (χ0) is 98.8. The van der Waals surface area contributed by atoms with Gasteiger partial charge < -0.3 is 84.6 Å². The van der Waals surface area contributed by atoms with Gasteiger partial charge in [-0.15, -0.1) is 0 Å². The van der Waals surface area contributed by atoms with Crippen LogP contribution in [0.25, 0.3) is 31.7 Å². The van der Waals surface area contributed by atoms with Crippen LogP contribution in [-0.2, 0) is 116 Å². The minimum atomic E-state index is -3.79. The molecule has 31 heteroatoms. The van der Waals surface area contributed by atoms with E-state index in [4.69, 9.17) is 84.6 Å². The molecule has 12 aromatic rings. The van der Waals surface area contributed by atoms with Gasteiger partial charge >= 0.3 is 23.9 Å². The Morgan fingerprint density at radius 2 is 0.704 bits per heavy atom. The fourth-order valence-corrected chi connectivity index (χ4v) is 28.9. The molecule has 734 valence electrons. The van der Waals surface area contributed by atoms with Crippen molar-refractivity contribution in [3.8, 4) is 0 Å². The Kier molecular flexibility index (Phi) is 33.4. The van der Waals surface area contributed by atoms with Crippen molar-refractivity contribution in [2.45, 2.75) is 208 Å². The van der Waals surface area contributed by atoms with E-state index in [-0.39, 0.29) is 56.3 Å². The maximum absolute atomic E-state index is 16.0. The van der Waals surface area contributed by atoms with E-state index in [0.29, 0.717) is 5.56 Å². The smallest absolute Gasteiger partial charge is 0.338 e. The van der Waals surface area contributed by atoms with Gasteiger partial charge in [-0.05, 0) is 130 Å². The van der Waals surface area contributed by atoms with E-state index in [9.17, 15) is 20.7 Å². The quantitative estimate of drug-likeness (QED) is 0.00866. The van der Waals surface area contributed by atoms with Crippen molar-refractivity contribution in [1.29, 1.82) is 0 Å². The van der Waals surface area contributed by atoms with Gasteiger partial charge in [0.2, 0.25) is 0 Å². The molecule has 12 aromatic carbocycles. The normalized spacial score (nSPS) is 25.0. The lowest BCUT2D eigenvalue weighted by molar-refractivity contribution is -0.375. The summed E-state index contributed by atoms with van der Waals surface area (Å²) in [5.74, 6) is -3.40. The number of halogens is 1. The summed E-state index contributed by atoms with van der Waals surface area (Å²) in [6.07, 6.45) is -27.7. The first-order valence-electron chi connectivity index (χ1n) is 47.5. The summed E-state index contributed by atoms with van der Waals surface area (Å²) in [5.41, 5.74) is 25.9. The van der Waals surface area contributed by atoms with E-state index < -0.39 is 187 Å². The average Bonchev–Trinajstić information content (AvgIpc) is 0.792. The Labute approximate surface area is 834 Å². The van der Waals surface area contributed by atoms with Gasteiger partial charge in [0.05, 0.1) is 62.9 Å². The van der Waals surface area contributed by atoms with E-state index in [1.807, 2.05) is 224 Å². The number of azide groups is 2. The van der Waals surface area contributed by atoms with Crippen LogP contribution in [0.5, 0.6) is 0 Å². The summed E-state index contributed by atoms with van der Waals surface area (Å²) in [5, 5.41) is 13.4. The van der Waals surface area contributed by atoms with Gasteiger partial charge in [0.25, 0.3) is 16.6 Å². The van der Waals surface area contributed by atoms with Gasteiger partial charge in [-0.3, -0.25) is 4.79 Å². The van der Waals surface area contributed by atoms with E-state index in [1.165, 1.54) is 6.92 Å². The van der Waals surface area contributed by atoms with Crippen LogP contribution in [-0.4, -0.2) is 190 Å². The highest BCUT2D eigenvalue weighted by molar-refractivity contribution is 9.10. The third-order valence-electron chi connectivity index (χ3n) is 26.2. The molecule has 0 amide bonds. The Morgan fingerprint density at radius 1 is 0.359 bits per heavy atom. The number of benzene rings is 12. The second-order valence-corrected chi connectivity index (χ2v) is 47.1. The second kappa shape index (κ2) is 46.9. The molecular weight excluding hydrogens is 1910 g/mol. The van der Waals surface area contributed by atoms with Crippen molar-refractivity contribution < 1.29 is 104 Å². The van der Waals surface area contributed by atoms with E-state index in [0.717, 1.165) is 52.7 Å². The summed E-state index contributed by atoms with van der Waals surface area (Å²) in [4.78, 5) is 67.4. The van der Waals surface area contributed by atoms with Crippen molar-refractivity contribution in [3.05, 3.63) is 404 Å². The number of nitrogens with zero attached hydrogens (tertiary/aromatic N) is 6. The molecule has 0 radical (unpaired) electrons. The van der Waals surface area contributed by atoms with Crippen LogP contribution in [0.3, 0.4) is 0 Å². The SMILES string of the molecule is CC(=O)OC[C@@H]1O[C@@H](O[C@H]2[C@H](OC(=O)c3ccccc3)[C@@H](N=[N+]=[N-])[C@@H](O[C@H]3[C@H](OCc4ccccc4)[C@@H](OC(=O)c4ccccc4)[C@H]4OC[C@@H]3O4)O[C@@H]2CO[Si](c2ccccc2)(c2ccccc2)C(C)(C)C)[C@H](OC(=O)c2ccccc2)[C@@H](OCc2ccccc2)[C@@H]1O[C@H]1O[C@H](CO[Si](c2ccccc2)(c2ccccc2)C(C)(C)C)[C@@H](OCc2ccc3ccccc3c2)[C@H](OCc2ccc(Br)cc2)[C@H]1N=[N+]=[N-]. The lowest BCUT2D eigenvalue weighted by atomic mass is 9.94. The van der Waals surface area contributed by atoms with Gasteiger partial charge in [-0.1, -0.05) is 353 Å². The third kappa shape index (κ3) is 23.5. The van der Waals surface area contributed by atoms with Crippen LogP contribution < -0.4 is 20.7 Å². The van der Waals surface area contributed by atoms with Crippen molar-refractivity contribution in [2.24, 2.45) is 10.2 Å². The third-order valence-corrected chi connectivity index (χ3v) is 36.8. The molecule has 28 nitrogen and oxygen atoms in total. The number of ether oxygens (including phenoxy) is 16. The maximum Gasteiger partial charge on any atom is 0.338 e. The molecule has 5 heterocycles. The van der Waals surface area contributed by atoms with Crippen LogP contribution >= 0.6 is 15.9 Å². The van der Waals surface area contributed by atoms with Crippen LogP contribution in [0.1, 0.15) is 102 Å². The van der Waals surface area contributed by atoms with Crippen molar-refractivity contribution >= 4 is 88.0 Å². The summed E-state index contributed by atoms with van der Waals surface area (Å²) in [7, 11) is -7.34. The second-order valence-electron chi connectivity index (χ2n) is 37.5. The maximum atomic E-state index is 16.0. The first kappa shape index (κ1) is 101. The summed E-state index contributed by atoms with van der Waals surface area (Å²) in [6, 6.07) is 101. The number of fused-ring (bicyclic) bond motifs is 3. The Hall–Kier alpha value is -12.2. The molecule has 5 aliphatic heterocycles. The number of hydrogen-bond acceptors (Lipinski definition) is 24. The molecule has 0 N–H and O–H groups in total. The monoisotopic (exact) mass is 2020 g/mol. The van der Waals surface area contributed by atoms with Crippen LogP contribution in [0, 0.1) is 0 Å².